The van der Waals surface area contributed by atoms with E-state index in [2.05, 4.69) is 0 Å². The van der Waals surface area contributed by atoms with E-state index >= 15 is 0 Å². The zero-order valence-corrected chi connectivity index (χ0v) is 14.3. The highest BCUT2D eigenvalue weighted by Crippen LogP contribution is 2.16. The van der Waals surface area contributed by atoms with E-state index in [0.29, 0.717) is 19.6 Å². The topological polar surface area (TPSA) is 49.8 Å². The zero-order chi connectivity index (χ0) is 17.5. The van der Waals surface area contributed by atoms with Crippen molar-refractivity contribution in [3.05, 3.63) is 78.6 Å². The SMILES string of the molecule is CCN(C(=O)CN(Cc1ccco1)Cc1ccco1)c1ccccc1. The average Bonchev–Trinajstić information content (AvgIpc) is 3.30. The number of anilines is 1. The van der Waals surface area contributed by atoms with Crippen LogP contribution in [0.5, 0.6) is 0 Å². The summed E-state index contributed by atoms with van der Waals surface area (Å²) in [5.41, 5.74) is 0.908. The first-order chi connectivity index (χ1) is 12.3. The summed E-state index contributed by atoms with van der Waals surface area (Å²) in [6.07, 6.45) is 3.29. The number of para-hydroxylation sites is 1. The molecule has 0 aliphatic carbocycles. The number of amides is 1. The van der Waals surface area contributed by atoms with Crippen LogP contribution >= 0.6 is 0 Å². The summed E-state index contributed by atoms with van der Waals surface area (Å²) < 4.78 is 10.9. The summed E-state index contributed by atoms with van der Waals surface area (Å²) in [6, 6.07) is 17.2. The molecule has 130 valence electrons. The van der Waals surface area contributed by atoms with E-state index in [-0.39, 0.29) is 12.5 Å². The number of rotatable bonds is 8. The minimum atomic E-state index is 0.0480. The Morgan fingerprint density at radius 1 is 0.880 bits per heavy atom. The molecular weight excluding hydrogens is 316 g/mol. The van der Waals surface area contributed by atoms with Crippen molar-refractivity contribution in [3.63, 3.8) is 0 Å². The molecule has 0 saturated heterocycles. The Morgan fingerprint density at radius 3 is 1.96 bits per heavy atom. The van der Waals surface area contributed by atoms with Gasteiger partial charge in [-0.3, -0.25) is 9.69 Å². The molecule has 0 radical (unpaired) electrons. The highest BCUT2D eigenvalue weighted by Gasteiger charge is 2.19. The quantitative estimate of drug-likeness (QED) is 0.624. The maximum absolute atomic E-state index is 12.9. The minimum Gasteiger partial charge on any atom is -0.468 e. The lowest BCUT2D eigenvalue weighted by molar-refractivity contribution is -0.120. The van der Waals surface area contributed by atoms with Gasteiger partial charge in [-0.25, -0.2) is 0 Å². The van der Waals surface area contributed by atoms with Crippen molar-refractivity contribution in [1.29, 1.82) is 0 Å². The first kappa shape index (κ1) is 17.0. The van der Waals surface area contributed by atoms with E-state index in [4.69, 9.17) is 8.83 Å². The molecule has 0 spiro atoms. The minimum absolute atomic E-state index is 0.0480. The fourth-order valence-electron chi connectivity index (χ4n) is 2.80. The standard InChI is InChI=1S/C20H22N2O3/c1-2-22(17-8-4-3-5-9-17)20(23)16-21(14-18-10-6-12-24-18)15-19-11-7-13-25-19/h3-13H,2,14-16H2,1H3. The number of hydrogen-bond acceptors (Lipinski definition) is 4. The van der Waals surface area contributed by atoms with Crippen molar-refractivity contribution in [3.8, 4) is 0 Å². The number of nitrogens with zero attached hydrogens (tertiary/aromatic N) is 2. The van der Waals surface area contributed by atoms with Gasteiger partial charge in [0.2, 0.25) is 5.91 Å². The van der Waals surface area contributed by atoms with Crippen LogP contribution in [0.3, 0.4) is 0 Å². The smallest absolute Gasteiger partial charge is 0.241 e. The van der Waals surface area contributed by atoms with Gasteiger partial charge in [-0.1, -0.05) is 18.2 Å². The molecule has 0 atom stereocenters. The van der Waals surface area contributed by atoms with Crippen LogP contribution in [-0.2, 0) is 17.9 Å². The van der Waals surface area contributed by atoms with Gasteiger partial charge in [0.1, 0.15) is 11.5 Å². The molecule has 0 N–H and O–H groups in total. The van der Waals surface area contributed by atoms with Crippen molar-refractivity contribution in [2.75, 3.05) is 18.0 Å². The fraction of sp³-hybridized carbons (Fsp3) is 0.250. The first-order valence-electron chi connectivity index (χ1n) is 8.39. The summed E-state index contributed by atoms with van der Waals surface area (Å²) in [5.74, 6) is 1.69. The molecule has 5 heteroatoms. The van der Waals surface area contributed by atoms with E-state index in [1.807, 2.05) is 66.4 Å². The van der Waals surface area contributed by atoms with Crippen LogP contribution in [0.1, 0.15) is 18.4 Å². The number of carbonyl (C=O) groups excluding carboxylic acids is 1. The van der Waals surface area contributed by atoms with Crippen LogP contribution in [0.25, 0.3) is 0 Å². The van der Waals surface area contributed by atoms with E-state index < -0.39 is 0 Å². The van der Waals surface area contributed by atoms with Gasteiger partial charge in [-0.05, 0) is 43.3 Å². The summed E-state index contributed by atoms with van der Waals surface area (Å²) in [6.45, 7) is 3.98. The third-order valence-corrected chi connectivity index (χ3v) is 3.96. The van der Waals surface area contributed by atoms with E-state index in [1.54, 1.807) is 17.4 Å². The zero-order valence-electron chi connectivity index (χ0n) is 14.3. The number of carbonyl (C=O) groups is 1. The normalized spacial score (nSPS) is 11.0. The van der Waals surface area contributed by atoms with Gasteiger partial charge in [0.25, 0.3) is 0 Å². The number of likely N-dealkylation sites (N-methyl/N-ethyl adjacent to an activating group) is 1. The van der Waals surface area contributed by atoms with Crippen molar-refractivity contribution >= 4 is 11.6 Å². The molecule has 2 heterocycles. The van der Waals surface area contributed by atoms with E-state index in [0.717, 1.165) is 17.2 Å². The van der Waals surface area contributed by atoms with Gasteiger partial charge in [-0.15, -0.1) is 0 Å². The third kappa shape index (κ3) is 4.61. The molecule has 1 aromatic carbocycles. The molecular formula is C20H22N2O3. The molecule has 0 unspecified atom stereocenters. The average molecular weight is 338 g/mol. The van der Waals surface area contributed by atoms with Gasteiger partial charge in [0.15, 0.2) is 0 Å². The maximum atomic E-state index is 12.9. The van der Waals surface area contributed by atoms with Crippen LogP contribution in [0, 0.1) is 0 Å². The highest BCUT2D eigenvalue weighted by molar-refractivity contribution is 5.94. The summed E-state index contributed by atoms with van der Waals surface area (Å²) >= 11 is 0. The Kier molecular flexibility index (Phi) is 5.69. The number of hydrogen-bond donors (Lipinski definition) is 0. The Balaban J connectivity index is 1.72. The van der Waals surface area contributed by atoms with Crippen LogP contribution in [0.2, 0.25) is 0 Å². The Bertz CT molecular complexity index is 715. The van der Waals surface area contributed by atoms with E-state index in [1.165, 1.54) is 0 Å². The molecule has 0 aliphatic heterocycles. The van der Waals surface area contributed by atoms with Gasteiger partial charge in [0, 0.05) is 12.2 Å². The summed E-state index contributed by atoms with van der Waals surface area (Å²) in [7, 11) is 0. The number of benzene rings is 1. The monoisotopic (exact) mass is 338 g/mol. The second kappa shape index (κ2) is 8.35. The van der Waals surface area contributed by atoms with Crippen LogP contribution in [0.4, 0.5) is 5.69 Å². The lowest BCUT2D eigenvalue weighted by Gasteiger charge is -2.26. The predicted octanol–water partition coefficient (Wildman–Crippen LogP) is 3.93. The summed E-state index contributed by atoms with van der Waals surface area (Å²) in [4.78, 5) is 16.7. The largest absolute Gasteiger partial charge is 0.468 e. The molecule has 1 amide bonds. The number of furan rings is 2. The Hall–Kier alpha value is -2.79. The molecule has 5 nitrogen and oxygen atoms in total. The fourth-order valence-corrected chi connectivity index (χ4v) is 2.80. The van der Waals surface area contributed by atoms with Crippen LogP contribution in [0.15, 0.2) is 76.0 Å². The van der Waals surface area contributed by atoms with E-state index in [9.17, 15) is 4.79 Å². The van der Waals surface area contributed by atoms with Crippen molar-refractivity contribution in [2.45, 2.75) is 20.0 Å². The molecule has 0 saturated carbocycles. The van der Waals surface area contributed by atoms with Crippen LogP contribution in [-0.4, -0.2) is 23.9 Å². The van der Waals surface area contributed by atoms with Crippen LogP contribution < -0.4 is 4.90 Å². The second-order valence-corrected chi connectivity index (χ2v) is 5.78. The first-order valence-corrected chi connectivity index (χ1v) is 8.39. The maximum Gasteiger partial charge on any atom is 0.241 e. The van der Waals surface area contributed by atoms with Gasteiger partial charge < -0.3 is 13.7 Å². The van der Waals surface area contributed by atoms with Gasteiger partial charge in [0.05, 0.1) is 32.2 Å². The van der Waals surface area contributed by atoms with Crippen molar-refractivity contribution in [1.82, 2.24) is 4.90 Å². The summed E-state index contributed by atoms with van der Waals surface area (Å²) in [5, 5.41) is 0. The third-order valence-electron chi connectivity index (χ3n) is 3.96. The van der Waals surface area contributed by atoms with Crippen molar-refractivity contribution in [2.24, 2.45) is 0 Å². The molecule has 3 aromatic rings. The molecule has 0 fully saturated rings. The molecule has 2 aromatic heterocycles. The Morgan fingerprint density at radius 2 is 1.48 bits per heavy atom. The predicted molar refractivity (Wildman–Crippen MR) is 96.0 cm³/mol. The Labute approximate surface area is 147 Å². The molecule has 3 rings (SSSR count). The second-order valence-electron chi connectivity index (χ2n) is 5.78. The van der Waals surface area contributed by atoms with Gasteiger partial charge >= 0.3 is 0 Å². The lowest BCUT2D eigenvalue weighted by atomic mass is 10.2. The lowest BCUT2D eigenvalue weighted by Crippen LogP contribution is -2.40. The van der Waals surface area contributed by atoms with Gasteiger partial charge in [-0.2, -0.15) is 0 Å². The van der Waals surface area contributed by atoms with Crippen molar-refractivity contribution < 1.29 is 13.6 Å². The molecule has 0 aliphatic rings. The highest BCUT2D eigenvalue weighted by atomic mass is 16.3. The molecule has 25 heavy (non-hydrogen) atoms. The molecule has 0 bridgehead atoms.